The van der Waals surface area contributed by atoms with Crippen molar-refractivity contribution in [2.45, 2.75) is 47.1 Å². The Morgan fingerprint density at radius 3 is 2.16 bits per heavy atom. The third-order valence-electron chi connectivity index (χ3n) is 3.45. The normalized spacial score (nSPS) is 12.6. The summed E-state index contributed by atoms with van der Waals surface area (Å²) >= 11 is 5.80. The van der Waals surface area contributed by atoms with E-state index in [1.807, 2.05) is 32.9 Å². The first kappa shape index (κ1) is 16.0. The predicted octanol–water partition coefficient (Wildman–Crippen LogP) is 4.00. The van der Waals surface area contributed by atoms with Crippen LogP contribution in [-0.4, -0.2) is 17.8 Å². The lowest BCUT2D eigenvalue weighted by atomic mass is 9.97. The Kier molecular flexibility index (Phi) is 5.86. The van der Waals surface area contributed by atoms with Gasteiger partial charge in [0, 0.05) is 17.5 Å². The molecule has 1 rings (SSSR count). The Morgan fingerprint density at radius 2 is 1.74 bits per heavy atom. The number of benzene rings is 1. The zero-order valence-corrected chi connectivity index (χ0v) is 13.3. The van der Waals surface area contributed by atoms with Crippen LogP contribution in [-0.2, 0) is 0 Å². The summed E-state index contributed by atoms with van der Waals surface area (Å²) in [5, 5.41) is 3.11. The fourth-order valence-corrected chi connectivity index (χ4v) is 2.70. The Hall–Kier alpha value is -1.02. The van der Waals surface area contributed by atoms with E-state index in [2.05, 4.69) is 19.2 Å². The largest absolute Gasteiger partial charge is 0.349 e. The highest BCUT2D eigenvalue weighted by Crippen LogP contribution is 2.17. The maximum atomic E-state index is 12.4. The summed E-state index contributed by atoms with van der Waals surface area (Å²) in [6, 6.07) is 4.23. The summed E-state index contributed by atoms with van der Waals surface area (Å²) in [6.07, 6.45) is 0.801. The van der Waals surface area contributed by atoms with Gasteiger partial charge >= 0.3 is 0 Å². The summed E-state index contributed by atoms with van der Waals surface area (Å²) in [4.78, 5) is 12.4. The molecule has 1 aromatic rings. The van der Waals surface area contributed by atoms with Gasteiger partial charge in [0.05, 0.1) is 0 Å². The van der Waals surface area contributed by atoms with Crippen molar-refractivity contribution in [3.05, 3.63) is 34.4 Å². The first-order valence-electron chi connectivity index (χ1n) is 6.81. The number of halogens is 1. The number of hydrogen-bond donors (Lipinski definition) is 1. The maximum absolute atomic E-state index is 12.4. The van der Waals surface area contributed by atoms with Crippen molar-refractivity contribution in [1.82, 2.24) is 5.32 Å². The van der Waals surface area contributed by atoms with Crippen LogP contribution in [0.5, 0.6) is 0 Å². The van der Waals surface area contributed by atoms with Crippen LogP contribution in [0.3, 0.4) is 0 Å². The second-order valence-electron chi connectivity index (χ2n) is 5.58. The van der Waals surface area contributed by atoms with E-state index >= 15 is 0 Å². The highest BCUT2D eigenvalue weighted by molar-refractivity contribution is 6.17. The molecule has 0 spiro atoms. The van der Waals surface area contributed by atoms with Crippen molar-refractivity contribution in [3.8, 4) is 0 Å². The monoisotopic (exact) mass is 281 g/mol. The third kappa shape index (κ3) is 4.24. The topological polar surface area (TPSA) is 29.1 Å². The molecule has 0 fully saturated rings. The summed E-state index contributed by atoms with van der Waals surface area (Å²) in [7, 11) is 0. The van der Waals surface area contributed by atoms with Crippen molar-refractivity contribution in [3.63, 3.8) is 0 Å². The predicted molar refractivity (Wildman–Crippen MR) is 82.1 cm³/mol. The Labute approximate surface area is 121 Å². The molecule has 1 N–H and O–H groups in total. The molecular formula is C16H24ClNO. The van der Waals surface area contributed by atoms with E-state index in [4.69, 9.17) is 11.6 Å². The van der Waals surface area contributed by atoms with Gasteiger partial charge in [0.15, 0.2) is 0 Å². The van der Waals surface area contributed by atoms with Crippen LogP contribution >= 0.6 is 11.6 Å². The molecule has 2 nitrogen and oxygen atoms in total. The molecule has 0 bridgehead atoms. The average molecular weight is 282 g/mol. The van der Waals surface area contributed by atoms with E-state index in [1.165, 1.54) is 5.56 Å². The summed E-state index contributed by atoms with van der Waals surface area (Å²) in [5.74, 6) is 0.960. The van der Waals surface area contributed by atoms with Gasteiger partial charge in [-0.25, -0.2) is 0 Å². The minimum Gasteiger partial charge on any atom is -0.349 e. The van der Waals surface area contributed by atoms with E-state index in [0.717, 1.165) is 23.1 Å². The van der Waals surface area contributed by atoms with Crippen molar-refractivity contribution in [2.75, 3.05) is 5.88 Å². The molecule has 1 aromatic carbocycles. The lowest BCUT2D eigenvalue weighted by Crippen LogP contribution is -2.39. The van der Waals surface area contributed by atoms with Crippen molar-refractivity contribution in [2.24, 2.45) is 5.92 Å². The Morgan fingerprint density at radius 1 is 1.21 bits per heavy atom. The molecule has 19 heavy (non-hydrogen) atoms. The highest BCUT2D eigenvalue weighted by Gasteiger charge is 2.19. The molecule has 0 saturated carbocycles. The Bertz CT molecular complexity index is 431. The van der Waals surface area contributed by atoms with Crippen molar-refractivity contribution >= 4 is 17.5 Å². The van der Waals surface area contributed by atoms with E-state index in [9.17, 15) is 4.79 Å². The van der Waals surface area contributed by atoms with Crippen LogP contribution in [0.25, 0.3) is 0 Å². The zero-order valence-electron chi connectivity index (χ0n) is 12.5. The second-order valence-corrected chi connectivity index (χ2v) is 5.95. The standard InChI is InChI=1S/C16H24ClNO/c1-10(2)14(6-7-17)18-16(19)15-12(4)8-11(3)9-13(15)5/h8-10,14H,6-7H2,1-5H3,(H,18,19). The highest BCUT2D eigenvalue weighted by atomic mass is 35.5. The third-order valence-corrected chi connectivity index (χ3v) is 3.66. The fraction of sp³-hybridized carbons (Fsp3) is 0.562. The van der Waals surface area contributed by atoms with E-state index in [1.54, 1.807) is 0 Å². The van der Waals surface area contributed by atoms with Crippen molar-refractivity contribution < 1.29 is 4.79 Å². The number of rotatable bonds is 5. The number of alkyl halides is 1. The van der Waals surface area contributed by atoms with Gasteiger partial charge < -0.3 is 5.32 Å². The fourth-order valence-electron chi connectivity index (χ4n) is 2.47. The van der Waals surface area contributed by atoms with Gasteiger partial charge in [0.2, 0.25) is 0 Å². The van der Waals surface area contributed by atoms with Crippen LogP contribution in [0, 0.1) is 26.7 Å². The minimum absolute atomic E-state index is 0.0128. The van der Waals surface area contributed by atoms with Gasteiger partial charge in [-0.3, -0.25) is 4.79 Å². The molecular weight excluding hydrogens is 258 g/mol. The Balaban J connectivity index is 2.94. The lowest BCUT2D eigenvalue weighted by molar-refractivity contribution is 0.0923. The average Bonchev–Trinajstić information content (AvgIpc) is 2.26. The zero-order chi connectivity index (χ0) is 14.6. The van der Waals surface area contributed by atoms with Crippen LogP contribution < -0.4 is 5.32 Å². The number of nitrogens with one attached hydrogen (secondary N) is 1. The number of carbonyl (C=O) groups is 1. The molecule has 1 atom stereocenters. The van der Waals surface area contributed by atoms with E-state index in [0.29, 0.717) is 11.8 Å². The molecule has 0 heterocycles. The molecule has 106 valence electrons. The van der Waals surface area contributed by atoms with Gasteiger partial charge in [0.1, 0.15) is 0 Å². The molecule has 0 aliphatic heterocycles. The van der Waals surface area contributed by atoms with Crippen LogP contribution in [0.2, 0.25) is 0 Å². The summed E-state index contributed by atoms with van der Waals surface area (Å²) < 4.78 is 0. The first-order valence-corrected chi connectivity index (χ1v) is 7.35. The number of aryl methyl sites for hydroxylation is 3. The maximum Gasteiger partial charge on any atom is 0.252 e. The van der Waals surface area contributed by atoms with Crippen LogP contribution in [0.1, 0.15) is 47.3 Å². The van der Waals surface area contributed by atoms with E-state index < -0.39 is 0 Å². The number of amides is 1. The molecule has 0 saturated heterocycles. The number of carbonyl (C=O) groups excluding carboxylic acids is 1. The smallest absolute Gasteiger partial charge is 0.252 e. The molecule has 1 unspecified atom stereocenters. The van der Waals surface area contributed by atoms with Gasteiger partial charge in [-0.1, -0.05) is 31.5 Å². The van der Waals surface area contributed by atoms with E-state index in [-0.39, 0.29) is 11.9 Å². The van der Waals surface area contributed by atoms with Gasteiger partial charge in [0.25, 0.3) is 5.91 Å². The van der Waals surface area contributed by atoms with Gasteiger partial charge in [-0.15, -0.1) is 11.6 Å². The molecule has 0 radical (unpaired) electrons. The quantitative estimate of drug-likeness (QED) is 0.812. The number of hydrogen-bond acceptors (Lipinski definition) is 1. The van der Waals surface area contributed by atoms with Gasteiger partial charge in [-0.05, 0) is 44.2 Å². The lowest BCUT2D eigenvalue weighted by Gasteiger charge is -2.22. The summed E-state index contributed by atoms with van der Waals surface area (Å²) in [6.45, 7) is 10.2. The SMILES string of the molecule is Cc1cc(C)c(C(=O)NC(CCCl)C(C)C)c(C)c1. The van der Waals surface area contributed by atoms with Crippen LogP contribution in [0.15, 0.2) is 12.1 Å². The minimum atomic E-state index is 0.0128. The van der Waals surface area contributed by atoms with Gasteiger partial charge in [-0.2, -0.15) is 0 Å². The molecule has 0 aromatic heterocycles. The first-order chi connectivity index (χ1) is 8.86. The van der Waals surface area contributed by atoms with Crippen LogP contribution in [0.4, 0.5) is 0 Å². The molecule has 3 heteroatoms. The second kappa shape index (κ2) is 6.95. The van der Waals surface area contributed by atoms with Crippen molar-refractivity contribution in [1.29, 1.82) is 0 Å². The molecule has 0 aliphatic rings. The molecule has 0 aliphatic carbocycles. The summed E-state index contributed by atoms with van der Waals surface area (Å²) in [5.41, 5.74) is 4.05. The molecule has 1 amide bonds.